The van der Waals surface area contributed by atoms with Gasteiger partial charge in [0.2, 0.25) is 5.91 Å². The highest BCUT2D eigenvalue weighted by Crippen LogP contribution is 2.19. The van der Waals surface area contributed by atoms with E-state index in [0.717, 1.165) is 32.4 Å². The molecule has 0 spiro atoms. The van der Waals surface area contributed by atoms with Gasteiger partial charge in [0.1, 0.15) is 0 Å². The van der Waals surface area contributed by atoms with Crippen molar-refractivity contribution in [3.8, 4) is 0 Å². The van der Waals surface area contributed by atoms with Gasteiger partial charge >= 0.3 is 0 Å². The van der Waals surface area contributed by atoms with Gasteiger partial charge in [-0.2, -0.15) is 0 Å². The van der Waals surface area contributed by atoms with Crippen LogP contribution in [0.15, 0.2) is 0 Å². The number of hydrogen-bond donors (Lipinski definition) is 1. The molecule has 1 heterocycles. The Kier molecular flexibility index (Phi) is 6.09. The summed E-state index contributed by atoms with van der Waals surface area (Å²) < 4.78 is 0. The molecule has 1 aliphatic heterocycles. The minimum atomic E-state index is -0.00495. The van der Waals surface area contributed by atoms with E-state index in [1.54, 1.807) is 0 Å². The molecule has 1 rings (SSSR count). The molecule has 1 fully saturated rings. The van der Waals surface area contributed by atoms with Crippen LogP contribution in [0.2, 0.25) is 0 Å². The maximum absolute atomic E-state index is 12.4. The summed E-state index contributed by atoms with van der Waals surface area (Å²) in [5.74, 6) is 0.754. The van der Waals surface area contributed by atoms with Crippen LogP contribution in [0, 0.1) is 11.8 Å². The first kappa shape index (κ1) is 15.4. The van der Waals surface area contributed by atoms with Crippen LogP contribution in [-0.4, -0.2) is 55.5 Å². The van der Waals surface area contributed by atoms with Crippen LogP contribution in [0.5, 0.6) is 0 Å². The van der Waals surface area contributed by atoms with Crippen LogP contribution in [0.4, 0.5) is 0 Å². The maximum Gasteiger partial charge on any atom is 0.226 e. The molecule has 1 saturated heterocycles. The summed E-state index contributed by atoms with van der Waals surface area (Å²) in [5, 5.41) is 0. The van der Waals surface area contributed by atoms with Gasteiger partial charge in [0.05, 0.1) is 5.92 Å². The van der Waals surface area contributed by atoms with E-state index in [0.29, 0.717) is 18.5 Å². The van der Waals surface area contributed by atoms with Crippen molar-refractivity contribution in [1.29, 1.82) is 0 Å². The largest absolute Gasteiger partial charge is 0.342 e. The molecule has 1 atom stereocenters. The molecule has 0 radical (unpaired) electrons. The molecule has 0 saturated carbocycles. The second kappa shape index (κ2) is 7.10. The number of carbonyl (C=O) groups is 1. The normalized spacial score (nSPS) is 20.1. The van der Waals surface area contributed by atoms with Crippen LogP contribution >= 0.6 is 0 Å². The van der Waals surface area contributed by atoms with Gasteiger partial charge in [-0.3, -0.25) is 4.79 Å². The first-order valence-corrected chi connectivity index (χ1v) is 7.11. The fourth-order valence-electron chi connectivity index (χ4n) is 2.72. The van der Waals surface area contributed by atoms with Crippen molar-refractivity contribution in [3.05, 3.63) is 0 Å². The molecule has 0 aromatic heterocycles. The van der Waals surface area contributed by atoms with E-state index in [-0.39, 0.29) is 11.8 Å². The van der Waals surface area contributed by atoms with Crippen molar-refractivity contribution in [2.24, 2.45) is 17.6 Å². The second-order valence-electron chi connectivity index (χ2n) is 6.05. The van der Waals surface area contributed by atoms with Gasteiger partial charge in [-0.1, -0.05) is 13.8 Å². The fourth-order valence-corrected chi connectivity index (χ4v) is 2.72. The molecule has 0 aliphatic carbocycles. The molecule has 1 amide bonds. The highest BCUT2D eigenvalue weighted by atomic mass is 16.2. The van der Waals surface area contributed by atoms with Crippen molar-refractivity contribution >= 4 is 5.91 Å². The minimum absolute atomic E-state index is 0.00495. The molecule has 2 N–H and O–H groups in total. The van der Waals surface area contributed by atoms with Gasteiger partial charge in [-0.15, -0.1) is 0 Å². The number of piperidine rings is 1. The van der Waals surface area contributed by atoms with Gasteiger partial charge in [0.15, 0.2) is 0 Å². The molecule has 4 nitrogen and oxygen atoms in total. The van der Waals surface area contributed by atoms with Crippen molar-refractivity contribution in [1.82, 2.24) is 9.80 Å². The smallest absolute Gasteiger partial charge is 0.226 e. The molecule has 1 aliphatic rings. The van der Waals surface area contributed by atoms with E-state index in [2.05, 4.69) is 25.8 Å². The highest BCUT2D eigenvalue weighted by molar-refractivity contribution is 5.79. The van der Waals surface area contributed by atoms with Gasteiger partial charge in [0.25, 0.3) is 0 Å². The van der Waals surface area contributed by atoms with Gasteiger partial charge in [-0.05, 0) is 45.3 Å². The zero-order chi connectivity index (χ0) is 13.7. The molecular formula is C14H29N3O. The number of hydrogen-bond acceptors (Lipinski definition) is 3. The lowest BCUT2D eigenvalue weighted by atomic mass is 9.94. The standard InChI is InChI=1S/C14H29N3O/c1-11(2)9-12(10-15)14(18)17(4)13-5-7-16(3)8-6-13/h11-13H,5-10,15H2,1-4H3. The number of amides is 1. The van der Waals surface area contributed by atoms with Gasteiger partial charge in [0, 0.05) is 19.6 Å². The van der Waals surface area contributed by atoms with Crippen molar-refractivity contribution in [3.63, 3.8) is 0 Å². The number of rotatable bonds is 5. The van der Waals surface area contributed by atoms with Crippen molar-refractivity contribution < 1.29 is 4.79 Å². The average Bonchev–Trinajstić information content (AvgIpc) is 2.35. The predicted octanol–water partition coefficient (Wildman–Crippen LogP) is 1.16. The maximum atomic E-state index is 12.4. The van der Waals surface area contributed by atoms with E-state index in [9.17, 15) is 4.79 Å². The summed E-state index contributed by atoms with van der Waals surface area (Å²) in [6, 6.07) is 0.398. The Bertz CT molecular complexity index is 260. The van der Waals surface area contributed by atoms with E-state index in [1.165, 1.54) is 0 Å². The summed E-state index contributed by atoms with van der Waals surface area (Å²) in [4.78, 5) is 16.7. The molecule has 18 heavy (non-hydrogen) atoms. The lowest BCUT2D eigenvalue weighted by molar-refractivity contribution is -0.137. The monoisotopic (exact) mass is 255 g/mol. The molecular weight excluding hydrogens is 226 g/mol. The molecule has 4 heteroatoms. The quantitative estimate of drug-likeness (QED) is 0.802. The molecule has 1 unspecified atom stereocenters. The predicted molar refractivity (Wildman–Crippen MR) is 75.3 cm³/mol. The van der Waals surface area contributed by atoms with Gasteiger partial charge in [-0.25, -0.2) is 0 Å². The Labute approximate surface area is 111 Å². The van der Waals surface area contributed by atoms with Crippen LogP contribution in [0.1, 0.15) is 33.1 Å². The zero-order valence-electron chi connectivity index (χ0n) is 12.4. The number of nitrogens with two attached hydrogens (primary N) is 1. The Morgan fingerprint density at radius 3 is 2.39 bits per heavy atom. The lowest BCUT2D eigenvalue weighted by Gasteiger charge is -2.36. The van der Waals surface area contributed by atoms with Crippen molar-refractivity contribution in [2.45, 2.75) is 39.2 Å². The summed E-state index contributed by atoms with van der Waals surface area (Å²) >= 11 is 0. The second-order valence-corrected chi connectivity index (χ2v) is 6.05. The SMILES string of the molecule is CC(C)CC(CN)C(=O)N(C)C1CCN(C)CC1. The van der Waals surface area contributed by atoms with Crippen LogP contribution in [0.3, 0.4) is 0 Å². The minimum Gasteiger partial charge on any atom is -0.342 e. The first-order valence-electron chi connectivity index (χ1n) is 7.11. The molecule has 106 valence electrons. The van der Waals surface area contributed by atoms with E-state index >= 15 is 0 Å². The molecule has 0 aromatic carbocycles. The summed E-state index contributed by atoms with van der Waals surface area (Å²) in [6.07, 6.45) is 3.06. The third-order valence-corrected chi connectivity index (χ3v) is 3.97. The average molecular weight is 255 g/mol. The van der Waals surface area contributed by atoms with Crippen LogP contribution in [-0.2, 0) is 4.79 Å². The van der Waals surface area contributed by atoms with Gasteiger partial charge < -0.3 is 15.5 Å². The number of likely N-dealkylation sites (tertiary alicyclic amines) is 1. The van der Waals surface area contributed by atoms with E-state index in [1.807, 2.05) is 11.9 Å². The van der Waals surface area contributed by atoms with Crippen LogP contribution < -0.4 is 5.73 Å². The fraction of sp³-hybridized carbons (Fsp3) is 0.929. The Balaban J connectivity index is 2.53. The first-order chi connectivity index (χ1) is 8.45. The lowest BCUT2D eigenvalue weighted by Crippen LogP contribution is -2.47. The molecule has 0 bridgehead atoms. The zero-order valence-corrected chi connectivity index (χ0v) is 12.4. The highest BCUT2D eigenvalue weighted by Gasteiger charge is 2.28. The molecule has 0 aromatic rings. The number of carbonyl (C=O) groups excluding carboxylic acids is 1. The topological polar surface area (TPSA) is 49.6 Å². The Hall–Kier alpha value is -0.610. The van der Waals surface area contributed by atoms with Crippen LogP contribution in [0.25, 0.3) is 0 Å². The van der Waals surface area contributed by atoms with E-state index < -0.39 is 0 Å². The Morgan fingerprint density at radius 2 is 1.94 bits per heavy atom. The Morgan fingerprint density at radius 1 is 1.39 bits per heavy atom. The third kappa shape index (κ3) is 4.25. The summed E-state index contributed by atoms with van der Waals surface area (Å²) in [6.45, 7) is 6.92. The third-order valence-electron chi connectivity index (χ3n) is 3.97. The van der Waals surface area contributed by atoms with E-state index in [4.69, 9.17) is 5.73 Å². The summed E-state index contributed by atoms with van der Waals surface area (Å²) in [5.41, 5.74) is 5.76. The summed E-state index contributed by atoms with van der Waals surface area (Å²) in [7, 11) is 4.08. The number of nitrogens with zero attached hydrogens (tertiary/aromatic N) is 2. The van der Waals surface area contributed by atoms with Crippen molar-refractivity contribution in [2.75, 3.05) is 33.7 Å².